The van der Waals surface area contributed by atoms with Crippen LogP contribution in [0.5, 0.6) is 0 Å². The van der Waals surface area contributed by atoms with E-state index in [0.29, 0.717) is 19.0 Å². The van der Waals surface area contributed by atoms with Gasteiger partial charge in [-0.15, -0.1) is 0 Å². The summed E-state index contributed by atoms with van der Waals surface area (Å²) in [6.07, 6.45) is 7.11. The van der Waals surface area contributed by atoms with Crippen molar-refractivity contribution in [3.05, 3.63) is 0 Å². The van der Waals surface area contributed by atoms with E-state index >= 15 is 0 Å². The lowest BCUT2D eigenvalue weighted by molar-refractivity contribution is -0.0779. The Kier molecular flexibility index (Phi) is 5.86. The summed E-state index contributed by atoms with van der Waals surface area (Å²) in [5.41, 5.74) is 4.59. The first kappa shape index (κ1) is 19.5. The van der Waals surface area contributed by atoms with E-state index in [4.69, 9.17) is 10.5 Å². The van der Waals surface area contributed by atoms with E-state index in [1.54, 1.807) is 4.90 Å². The first-order chi connectivity index (χ1) is 11.1. The number of piperidine rings is 1. The normalized spacial score (nSPS) is 35.4. The maximum Gasteiger partial charge on any atom is 0.410 e. The van der Waals surface area contributed by atoms with Crippen molar-refractivity contribution in [2.24, 2.45) is 11.7 Å². The number of hydrogen-bond donors (Lipinski definition) is 2. The molecule has 0 bridgehead atoms. The van der Waals surface area contributed by atoms with Crippen LogP contribution in [0, 0.1) is 5.92 Å². The molecule has 0 aromatic heterocycles. The van der Waals surface area contributed by atoms with Crippen molar-refractivity contribution in [1.29, 1.82) is 0 Å². The Bertz CT molecular complexity index is 448. The Balaban J connectivity index is 2.09. The minimum Gasteiger partial charge on any atom is -0.444 e. The summed E-state index contributed by atoms with van der Waals surface area (Å²) in [6, 6.07) is 0. The van der Waals surface area contributed by atoms with E-state index < -0.39 is 16.7 Å². The van der Waals surface area contributed by atoms with Gasteiger partial charge < -0.3 is 20.5 Å². The second-order valence-electron chi connectivity index (χ2n) is 8.90. The number of carbonyl (C=O) groups excluding carboxylic acids is 1. The molecule has 0 aromatic rings. The van der Waals surface area contributed by atoms with Crippen LogP contribution in [0.25, 0.3) is 0 Å². The maximum absolute atomic E-state index is 12.4. The molecular weight excluding hydrogens is 304 g/mol. The quantitative estimate of drug-likeness (QED) is 0.755. The van der Waals surface area contributed by atoms with Crippen molar-refractivity contribution in [1.82, 2.24) is 4.90 Å². The zero-order chi connectivity index (χ0) is 18.0. The zero-order valence-corrected chi connectivity index (χ0v) is 15.9. The van der Waals surface area contributed by atoms with Crippen molar-refractivity contribution in [2.45, 2.75) is 95.8 Å². The maximum atomic E-state index is 12.4. The first-order valence-corrected chi connectivity index (χ1v) is 9.58. The van der Waals surface area contributed by atoms with Crippen LogP contribution in [-0.4, -0.2) is 45.9 Å². The molecule has 2 aliphatic rings. The van der Waals surface area contributed by atoms with Crippen LogP contribution >= 0.6 is 0 Å². The van der Waals surface area contributed by atoms with E-state index in [9.17, 15) is 9.90 Å². The molecule has 1 aliphatic carbocycles. The van der Waals surface area contributed by atoms with Gasteiger partial charge in [-0.05, 0) is 58.8 Å². The average Bonchev–Trinajstić information content (AvgIpc) is 2.68. The van der Waals surface area contributed by atoms with Crippen LogP contribution in [0.1, 0.15) is 79.1 Å². The Morgan fingerprint density at radius 3 is 2.58 bits per heavy atom. The lowest BCUT2D eigenvalue weighted by Crippen LogP contribution is -2.68. The molecule has 1 amide bonds. The number of aliphatic hydroxyl groups is 1. The molecule has 2 rings (SSSR count). The fraction of sp³-hybridized carbons (Fsp3) is 0.947. The number of carbonyl (C=O) groups is 1. The molecule has 0 spiro atoms. The number of nitrogens with zero attached hydrogens (tertiary/aromatic N) is 1. The summed E-state index contributed by atoms with van der Waals surface area (Å²) in [5, 5.41) is 11.4. The molecule has 3 unspecified atom stereocenters. The Labute approximate surface area is 146 Å². The molecule has 0 aromatic carbocycles. The van der Waals surface area contributed by atoms with Gasteiger partial charge in [0.05, 0.1) is 11.1 Å². The van der Waals surface area contributed by atoms with Crippen LogP contribution in [0.15, 0.2) is 0 Å². The van der Waals surface area contributed by atoms with Crippen molar-refractivity contribution >= 4 is 6.09 Å². The van der Waals surface area contributed by atoms with Crippen molar-refractivity contribution < 1.29 is 14.6 Å². The van der Waals surface area contributed by atoms with Gasteiger partial charge in [-0.1, -0.05) is 26.2 Å². The number of likely N-dealkylation sites (tertiary alicyclic amines) is 1. The minimum atomic E-state index is -0.877. The SMILES string of the molecule is CCC1CCCC(O)(C2(N)CCCN(C(=O)OC(C)(C)C)C2)CC1. The minimum absolute atomic E-state index is 0.319. The molecule has 24 heavy (non-hydrogen) atoms. The summed E-state index contributed by atoms with van der Waals surface area (Å²) >= 11 is 0. The highest BCUT2D eigenvalue weighted by Crippen LogP contribution is 2.41. The van der Waals surface area contributed by atoms with E-state index in [1.165, 1.54) is 6.42 Å². The number of rotatable bonds is 2. The predicted molar refractivity (Wildman–Crippen MR) is 95.8 cm³/mol. The predicted octanol–water partition coefficient (Wildman–Crippen LogP) is 3.44. The van der Waals surface area contributed by atoms with Crippen LogP contribution in [0.3, 0.4) is 0 Å². The van der Waals surface area contributed by atoms with E-state index in [-0.39, 0.29) is 6.09 Å². The van der Waals surface area contributed by atoms with Gasteiger partial charge in [0.15, 0.2) is 0 Å². The molecule has 5 heteroatoms. The van der Waals surface area contributed by atoms with Gasteiger partial charge in [0.25, 0.3) is 0 Å². The lowest BCUT2D eigenvalue weighted by atomic mass is 9.70. The van der Waals surface area contributed by atoms with Crippen molar-refractivity contribution in [2.75, 3.05) is 13.1 Å². The molecule has 140 valence electrons. The van der Waals surface area contributed by atoms with Crippen LogP contribution in [0.4, 0.5) is 4.79 Å². The van der Waals surface area contributed by atoms with Gasteiger partial charge in [-0.25, -0.2) is 4.79 Å². The van der Waals surface area contributed by atoms with Crippen LogP contribution in [0.2, 0.25) is 0 Å². The summed E-state index contributed by atoms with van der Waals surface area (Å²) in [5.74, 6) is 0.688. The van der Waals surface area contributed by atoms with Crippen molar-refractivity contribution in [3.63, 3.8) is 0 Å². The molecule has 1 aliphatic heterocycles. The summed E-state index contributed by atoms with van der Waals surface area (Å²) in [7, 11) is 0. The summed E-state index contributed by atoms with van der Waals surface area (Å²) in [4.78, 5) is 14.1. The van der Waals surface area contributed by atoms with Crippen LogP contribution in [-0.2, 0) is 4.74 Å². The highest BCUT2D eigenvalue weighted by Gasteiger charge is 2.50. The zero-order valence-electron chi connectivity index (χ0n) is 15.9. The largest absolute Gasteiger partial charge is 0.444 e. The molecule has 3 atom stereocenters. The van der Waals surface area contributed by atoms with Crippen LogP contribution < -0.4 is 5.73 Å². The van der Waals surface area contributed by atoms with Gasteiger partial charge in [0, 0.05) is 13.1 Å². The Morgan fingerprint density at radius 1 is 1.25 bits per heavy atom. The van der Waals surface area contributed by atoms with Crippen molar-refractivity contribution in [3.8, 4) is 0 Å². The molecule has 1 saturated carbocycles. The van der Waals surface area contributed by atoms with E-state index in [2.05, 4.69) is 6.92 Å². The average molecular weight is 341 g/mol. The summed E-state index contributed by atoms with van der Waals surface area (Å²) < 4.78 is 5.50. The number of ether oxygens (including phenoxy) is 1. The topological polar surface area (TPSA) is 75.8 Å². The molecule has 3 N–H and O–H groups in total. The monoisotopic (exact) mass is 340 g/mol. The third-order valence-corrected chi connectivity index (χ3v) is 5.85. The smallest absolute Gasteiger partial charge is 0.410 e. The second kappa shape index (κ2) is 7.20. The van der Waals surface area contributed by atoms with E-state index in [1.807, 2.05) is 20.8 Å². The Hall–Kier alpha value is -0.810. The standard InChI is InChI=1S/C19H36N2O3/c1-5-15-8-6-11-19(23,12-9-15)18(20)10-7-13-21(14-18)16(22)24-17(2,3)4/h15,23H,5-14,20H2,1-4H3. The van der Waals surface area contributed by atoms with Gasteiger partial charge >= 0.3 is 6.09 Å². The molecule has 2 fully saturated rings. The Morgan fingerprint density at radius 2 is 1.96 bits per heavy atom. The first-order valence-electron chi connectivity index (χ1n) is 9.58. The number of hydrogen-bond acceptors (Lipinski definition) is 4. The lowest BCUT2D eigenvalue weighted by Gasteiger charge is -2.50. The molecular formula is C19H36N2O3. The number of amides is 1. The van der Waals surface area contributed by atoms with Gasteiger partial charge in [0.2, 0.25) is 0 Å². The molecule has 5 nitrogen and oxygen atoms in total. The van der Waals surface area contributed by atoms with Gasteiger partial charge in [-0.2, -0.15) is 0 Å². The highest BCUT2D eigenvalue weighted by molar-refractivity contribution is 5.68. The summed E-state index contributed by atoms with van der Waals surface area (Å²) in [6.45, 7) is 8.87. The van der Waals surface area contributed by atoms with E-state index in [0.717, 1.165) is 44.9 Å². The third kappa shape index (κ3) is 4.42. The second-order valence-corrected chi connectivity index (χ2v) is 8.90. The molecule has 0 radical (unpaired) electrons. The number of nitrogens with two attached hydrogens (primary N) is 1. The molecule has 1 saturated heterocycles. The fourth-order valence-corrected chi connectivity index (χ4v) is 4.25. The highest BCUT2D eigenvalue weighted by atomic mass is 16.6. The third-order valence-electron chi connectivity index (χ3n) is 5.85. The van der Waals surface area contributed by atoms with Gasteiger partial charge in [-0.3, -0.25) is 0 Å². The fourth-order valence-electron chi connectivity index (χ4n) is 4.25. The molecule has 1 heterocycles. The van der Waals surface area contributed by atoms with Gasteiger partial charge in [0.1, 0.15) is 5.60 Å².